The van der Waals surface area contributed by atoms with E-state index in [1.165, 1.54) is 18.2 Å². The van der Waals surface area contributed by atoms with Crippen LogP contribution in [0.15, 0.2) is 34.8 Å². The van der Waals surface area contributed by atoms with Gasteiger partial charge >= 0.3 is 0 Å². The van der Waals surface area contributed by atoms with Crippen LogP contribution in [0, 0.1) is 19.5 Å². The minimum absolute atomic E-state index is 0.0282. The van der Waals surface area contributed by atoms with Gasteiger partial charge in [0.25, 0.3) is 5.69 Å². The summed E-state index contributed by atoms with van der Waals surface area (Å²) in [4.78, 5) is 10.3. The molecule has 0 aliphatic heterocycles. The first-order valence-electron chi connectivity index (χ1n) is 5.24. The lowest BCUT2D eigenvalue weighted by atomic mass is 10.2. The van der Waals surface area contributed by atoms with E-state index in [0.29, 0.717) is 19.4 Å². The van der Waals surface area contributed by atoms with E-state index in [1.807, 2.05) is 22.6 Å². The number of nitro groups is 1. The summed E-state index contributed by atoms with van der Waals surface area (Å²) in [6, 6.07) is 7.04. The number of nitrogens with one attached hydrogen (secondary N) is 1. The van der Waals surface area contributed by atoms with Gasteiger partial charge in [0.15, 0.2) is 0 Å². The predicted octanol–water partition coefficient (Wildman–Crippen LogP) is 5.50. The number of benzene rings is 2. The summed E-state index contributed by atoms with van der Waals surface area (Å²) in [6.45, 7) is 0. The molecule has 4 nitrogen and oxygen atoms in total. The van der Waals surface area contributed by atoms with E-state index >= 15 is 0 Å². The molecule has 1 N–H and O–H groups in total. The summed E-state index contributed by atoms with van der Waals surface area (Å²) in [6.07, 6.45) is 0. The van der Waals surface area contributed by atoms with Gasteiger partial charge in [-0.05, 0) is 62.8 Å². The van der Waals surface area contributed by atoms with Crippen molar-refractivity contribution >= 4 is 67.2 Å². The van der Waals surface area contributed by atoms with Crippen molar-refractivity contribution < 1.29 is 9.31 Å². The molecular formula is C12H6BrClFIN2O2. The second-order valence-corrected chi connectivity index (χ2v) is 6.22. The van der Waals surface area contributed by atoms with Crippen LogP contribution in [-0.4, -0.2) is 4.92 Å². The number of hydrogen-bond acceptors (Lipinski definition) is 3. The van der Waals surface area contributed by atoms with Crippen LogP contribution in [0.5, 0.6) is 0 Å². The number of nitro benzene ring substituents is 1. The quantitative estimate of drug-likeness (QED) is 0.366. The minimum atomic E-state index is -0.453. The third-order valence-corrected chi connectivity index (χ3v) is 4.21. The Balaban J connectivity index is 2.36. The Kier molecular flexibility index (Phi) is 4.82. The molecule has 2 aromatic carbocycles. The van der Waals surface area contributed by atoms with Crippen molar-refractivity contribution in [3.8, 4) is 0 Å². The molecule has 0 fully saturated rings. The first kappa shape index (κ1) is 15.5. The summed E-state index contributed by atoms with van der Waals surface area (Å²) < 4.78 is 14.1. The molecule has 0 amide bonds. The first-order valence-corrected chi connectivity index (χ1v) is 7.49. The SMILES string of the molecule is O=[N+]([O-])c1ccc(Nc2c(Cl)cc(F)cc2Br)cc1I. The van der Waals surface area contributed by atoms with Crippen molar-refractivity contribution in [2.75, 3.05) is 5.32 Å². The molecule has 0 saturated carbocycles. The van der Waals surface area contributed by atoms with E-state index in [0.717, 1.165) is 0 Å². The smallest absolute Gasteiger partial charge is 0.282 e. The fourth-order valence-electron chi connectivity index (χ4n) is 1.54. The van der Waals surface area contributed by atoms with E-state index in [9.17, 15) is 14.5 Å². The van der Waals surface area contributed by atoms with Gasteiger partial charge in [-0.2, -0.15) is 0 Å². The molecule has 0 heterocycles. The largest absolute Gasteiger partial charge is 0.353 e. The van der Waals surface area contributed by atoms with Gasteiger partial charge in [0, 0.05) is 16.2 Å². The zero-order chi connectivity index (χ0) is 14.9. The summed E-state index contributed by atoms with van der Waals surface area (Å²) in [7, 11) is 0. The average molecular weight is 471 g/mol. The average Bonchev–Trinajstić information content (AvgIpc) is 2.33. The normalized spacial score (nSPS) is 10.4. The van der Waals surface area contributed by atoms with Crippen molar-refractivity contribution in [1.29, 1.82) is 0 Å². The third-order valence-electron chi connectivity index (χ3n) is 2.42. The van der Waals surface area contributed by atoms with Gasteiger partial charge in [-0.3, -0.25) is 10.1 Å². The lowest BCUT2D eigenvalue weighted by Crippen LogP contribution is -1.96. The van der Waals surface area contributed by atoms with Crippen LogP contribution < -0.4 is 5.32 Å². The van der Waals surface area contributed by atoms with Gasteiger partial charge < -0.3 is 5.32 Å². The van der Waals surface area contributed by atoms with Crippen LogP contribution in [0.4, 0.5) is 21.5 Å². The Bertz CT molecular complexity index is 676. The second kappa shape index (κ2) is 6.23. The maximum atomic E-state index is 13.1. The number of hydrogen-bond donors (Lipinski definition) is 1. The molecule has 0 saturated heterocycles. The van der Waals surface area contributed by atoms with Crippen molar-refractivity contribution in [1.82, 2.24) is 0 Å². The molecule has 20 heavy (non-hydrogen) atoms. The maximum Gasteiger partial charge on any atom is 0.282 e. The molecule has 8 heteroatoms. The zero-order valence-electron chi connectivity index (χ0n) is 9.66. The molecule has 0 aromatic heterocycles. The van der Waals surface area contributed by atoms with Crippen LogP contribution in [-0.2, 0) is 0 Å². The van der Waals surface area contributed by atoms with E-state index < -0.39 is 10.7 Å². The van der Waals surface area contributed by atoms with E-state index in [2.05, 4.69) is 21.2 Å². The minimum Gasteiger partial charge on any atom is -0.353 e. The van der Waals surface area contributed by atoms with Gasteiger partial charge in [0.05, 0.1) is 19.2 Å². The molecule has 0 spiro atoms. The molecule has 0 radical (unpaired) electrons. The summed E-state index contributed by atoms with van der Waals surface area (Å²) in [5.41, 5.74) is 1.15. The highest BCUT2D eigenvalue weighted by Gasteiger charge is 2.13. The molecular weight excluding hydrogens is 465 g/mol. The van der Waals surface area contributed by atoms with Crippen molar-refractivity contribution in [2.24, 2.45) is 0 Å². The standard InChI is InChI=1S/C12H6BrClFIN2O2/c13-8-3-6(15)4-9(14)12(8)17-7-1-2-11(18(19)20)10(16)5-7/h1-5,17H. The van der Waals surface area contributed by atoms with Crippen LogP contribution >= 0.6 is 50.1 Å². The number of halogens is 4. The third kappa shape index (κ3) is 3.39. The van der Waals surface area contributed by atoms with E-state index in [4.69, 9.17) is 11.6 Å². The van der Waals surface area contributed by atoms with Crippen LogP contribution in [0.1, 0.15) is 0 Å². The Labute approximate surface area is 140 Å². The second-order valence-electron chi connectivity index (χ2n) is 3.79. The lowest BCUT2D eigenvalue weighted by molar-refractivity contribution is -0.385. The molecule has 2 aromatic rings. The Morgan fingerprint density at radius 2 is 2.05 bits per heavy atom. The van der Waals surface area contributed by atoms with Crippen LogP contribution in [0.3, 0.4) is 0 Å². The molecule has 2 rings (SSSR count). The molecule has 0 unspecified atom stereocenters. The zero-order valence-corrected chi connectivity index (χ0v) is 14.2. The molecule has 0 atom stereocenters. The van der Waals surface area contributed by atoms with Crippen LogP contribution in [0.25, 0.3) is 0 Å². The monoisotopic (exact) mass is 470 g/mol. The molecule has 0 aliphatic carbocycles. The van der Waals surface area contributed by atoms with Gasteiger partial charge in [0.1, 0.15) is 5.82 Å². The van der Waals surface area contributed by atoms with Gasteiger partial charge in [-0.25, -0.2) is 4.39 Å². The molecule has 0 aliphatic rings. The topological polar surface area (TPSA) is 55.2 Å². The Morgan fingerprint density at radius 1 is 1.35 bits per heavy atom. The Hall–Kier alpha value is -0.930. The highest BCUT2D eigenvalue weighted by molar-refractivity contribution is 14.1. The number of rotatable bonds is 3. The summed E-state index contributed by atoms with van der Waals surface area (Å²) in [5, 5.41) is 14.0. The van der Waals surface area contributed by atoms with E-state index in [-0.39, 0.29) is 10.7 Å². The maximum absolute atomic E-state index is 13.1. The van der Waals surface area contributed by atoms with Gasteiger partial charge in [0.2, 0.25) is 0 Å². The number of anilines is 2. The fourth-order valence-corrected chi connectivity index (χ4v) is 3.15. The van der Waals surface area contributed by atoms with Crippen molar-refractivity contribution in [3.63, 3.8) is 0 Å². The first-order chi connectivity index (χ1) is 9.38. The van der Waals surface area contributed by atoms with Crippen LogP contribution in [0.2, 0.25) is 5.02 Å². The van der Waals surface area contributed by atoms with Gasteiger partial charge in [-0.1, -0.05) is 11.6 Å². The van der Waals surface area contributed by atoms with Crippen molar-refractivity contribution in [3.05, 3.63) is 59.3 Å². The molecule has 104 valence electrons. The highest BCUT2D eigenvalue weighted by atomic mass is 127. The Morgan fingerprint density at radius 3 is 2.60 bits per heavy atom. The summed E-state index contributed by atoms with van der Waals surface area (Å²) >= 11 is 11.1. The predicted molar refractivity (Wildman–Crippen MR) is 88.2 cm³/mol. The highest BCUT2D eigenvalue weighted by Crippen LogP contribution is 2.35. The van der Waals surface area contributed by atoms with Gasteiger partial charge in [-0.15, -0.1) is 0 Å². The van der Waals surface area contributed by atoms with Crippen molar-refractivity contribution in [2.45, 2.75) is 0 Å². The lowest BCUT2D eigenvalue weighted by Gasteiger charge is -2.11. The number of nitrogens with zero attached hydrogens (tertiary/aromatic N) is 1. The molecule has 0 bridgehead atoms. The van der Waals surface area contributed by atoms with E-state index in [1.54, 1.807) is 12.1 Å². The fraction of sp³-hybridized carbons (Fsp3) is 0. The summed E-state index contributed by atoms with van der Waals surface area (Å²) in [5.74, 6) is -0.453.